The largest absolute Gasteiger partial charge is 0.468 e. The Balaban J connectivity index is 1.93. The van der Waals surface area contributed by atoms with Gasteiger partial charge in [-0.1, -0.05) is 44.4 Å². The lowest BCUT2D eigenvalue weighted by molar-refractivity contribution is 0.0135. The van der Waals surface area contributed by atoms with E-state index in [0.29, 0.717) is 6.79 Å². The summed E-state index contributed by atoms with van der Waals surface area (Å²) in [5.41, 5.74) is 0. The quantitative estimate of drug-likeness (QED) is 0.480. The first-order chi connectivity index (χ1) is 7.43. The molecule has 0 spiro atoms. The van der Waals surface area contributed by atoms with Gasteiger partial charge in [0.05, 0.1) is 6.61 Å². The van der Waals surface area contributed by atoms with Crippen LogP contribution in [0.3, 0.4) is 0 Å². The van der Waals surface area contributed by atoms with Gasteiger partial charge in [-0.25, -0.2) is 0 Å². The molecule has 1 rings (SSSR count). The van der Waals surface area contributed by atoms with Crippen LogP contribution in [0.2, 0.25) is 0 Å². The second-order valence-corrected chi connectivity index (χ2v) is 3.54. The molecule has 2 nitrogen and oxygen atoms in total. The highest BCUT2D eigenvalue weighted by Gasteiger charge is 1.91. The summed E-state index contributed by atoms with van der Waals surface area (Å²) in [6.07, 6.45) is 4.94. The van der Waals surface area contributed by atoms with Gasteiger partial charge in [-0.2, -0.15) is 0 Å². The highest BCUT2D eigenvalue weighted by Crippen LogP contribution is 2.08. The zero-order chi connectivity index (χ0) is 10.8. The summed E-state index contributed by atoms with van der Waals surface area (Å²) in [4.78, 5) is 0. The third-order valence-electron chi connectivity index (χ3n) is 2.19. The van der Waals surface area contributed by atoms with Crippen LogP contribution < -0.4 is 4.74 Å². The Morgan fingerprint density at radius 1 is 1.00 bits per heavy atom. The summed E-state index contributed by atoms with van der Waals surface area (Å²) in [7, 11) is 0. The molecule has 0 amide bonds. The smallest absolute Gasteiger partial charge is 0.189 e. The molecule has 0 aromatic heterocycles. The van der Waals surface area contributed by atoms with Crippen molar-refractivity contribution < 1.29 is 9.47 Å². The van der Waals surface area contributed by atoms with Crippen LogP contribution in [0.25, 0.3) is 0 Å². The number of benzene rings is 1. The van der Waals surface area contributed by atoms with Crippen molar-refractivity contribution >= 4 is 0 Å². The molecular weight excluding hydrogens is 188 g/mol. The average Bonchev–Trinajstić information content (AvgIpc) is 2.29. The molecule has 0 bridgehead atoms. The Morgan fingerprint density at radius 2 is 1.80 bits per heavy atom. The van der Waals surface area contributed by atoms with Crippen LogP contribution in [-0.2, 0) is 4.74 Å². The van der Waals surface area contributed by atoms with Crippen molar-refractivity contribution in [3.63, 3.8) is 0 Å². The van der Waals surface area contributed by atoms with E-state index in [1.54, 1.807) is 0 Å². The third-order valence-corrected chi connectivity index (χ3v) is 2.19. The fourth-order valence-electron chi connectivity index (χ4n) is 1.32. The maximum absolute atomic E-state index is 5.39. The minimum atomic E-state index is 0.357. The van der Waals surface area contributed by atoms with Gasteiger partial charge in [-0.05, 0) is 18.6 Å². The first-order valence-corrected chi connectivity index (χ1v) is 5.69. The first-order valence-electron chi connectivity index (χ1n) is 5.69. The summed E-state index contributed by atoms with van der Waals surface area (Å²) in [5, 5.41) is 0. The average molecular weight is 208 g/mol. The summed E-state index contributed by atoms with van der Waals surface area (Å²) >= 11 is 0. The van der Waals surface area contributed by atoms with Crippen molar-refractivity contribution in [3.05, 3.63) is 30.3 Å². The number of ether oxygens (including phenoxy) is 2. The van der Waals surface area contributed by atoms with Crippen LogP contribution in [0, 0.1) is 0 Å². The van der Waals surface area contributed by atoms with Crippen LogP contribution in [-0.4, -0.2) is 13.4 Å². The second-order valence-electron chi connectivity index (χ2n) is 3.54. The minimum Gasteiger partial charge on any atom is -0.468 e. The van der Waals surface area contributed by atoms with E-state index in [1.165, 1.54) is 19.3 Å². The minimum absolute atomic E-state index is 0.357. The number of para-hydroxylation sites is 1. The molecule has 0 atom stereocenters. The van der Waals surface area contributed by atoms with Crippen molar-refractivity contribution in [2.24, 2.45) is 0 Å². The van der Waals surface area contributed by atoms with Gasteiger partial charge in [0.15, 0.2) is 6.79 Å². The van der Waals surface area contributed by atoms with E-state index in [2.05, 4.69) is 6.92 Å². The van der Waals surface area contributed by atoms with Crippen LogP contribution in [0.5, 0.6) is 5.75 Å². The molecule has 1 aromatic carbocycles. The van der Waals surface area contributed by atoms with Gasteiger partial charge in [-0.15, -0.1) is 0 Å². The molecule has 0 unspecified atom stereocenters. The predicted molar refractivity (Wildman–Crippen MR) is 62.0 cm³/mol. The van der Waals surface area contributed by atoms with Crippen molar-refractivity contribution in [2.45, 2.75) is 32.6 Å². The van der Waals surface area contributed by atoms with Crippen LogP contribution >= 0.6 is 0 Å². The van der Waals surface area contributed by atoms with E-state index in [0.717, 1.165) is 18.8 Å². The molecule has 0 N–H and O–H groups in total. The van der Waals surface area contributed by atoms with Crippen LogP contribution in [0.1, 0.15) is 32.6 Å². The van der Waals surface area contributed by atoms with Gasteiger partial charge >= 0.3 is 0 Å². The molecular formula is C13H20O2. The van der Waals surface area contributed by atoms with Gasteiger partial charge in [-0.3, -0.25) is 0 Å². The molecule has 0 fully saturated rings. The molecule has 0 saturated heterocycles. The fraction of sp³-hybridized carbons (Fsp3) is 0.538. The van der Waals surface area contributed by atoms with Crippen molar-refractivity contribution in [1.82, 2.24) is 0 Å². The molecule has 1 aromatic rings. The van der Waals surface area contributed by atoms with Crippen LogP contribution in [0.4, 0.5) is 0 Å². The maximum atomic E-state index is 5.39. The lowest BCUT2D eigenvalue weighted by Gasteiger charge is -2.06. The highest BCUT2D eigenvalue weighted by atomic mass is 16.7. The molecule has 84 valence electrons. The molecule has 15 heavy (non-hydrogen) atoms. The predicted octanol–water partition coefficient (Wildman–Crippen LogP) is 3.62. The van der Waals surface area contributed by atoms with E-state index < -0.39 is 0 Å². The van der Waals surface area contributed by atoms with E-state index in [-0.39, 0.29) is 0 Å². The van der Waals surface area contributed by atoms with Gasteiger partial charge in [0, 0.05) is 0 Å². The third kappa shape index (κ3) is 6.13. The number of hydrogen-bond acceptors (Lipinski definition) is 2. The van der Waals surface area contributed by atoms with Crippen LogP contribution in [0.15, 0.2) is 30.3 Å². The number of unbranched alkanes of at least 4 members (excludes halogenated alkanes) is 3. The summed E-state index contributed by atoms with van der Waals surface area (Å²) in [6.45, 7) is 3.36. The normalized spacial score (nSPS) is 10.2. The fourth-order valence-corrected chi connectivity index (χ4v) is 1.32. The number of rotatable bonds is 8. The Labute approximate surface area is 92.2 Å². The topological polar surface area (TPSA) is 18.5 Å². The van der Waals surface area contributed by atoms with Gasteiger partial charge in [0.2, 0.25) is 0 Å². The van der Waals surface area contributed by atoms with E-state index >= 15 is 0 Å². The van der Waals surface area contributed by atoms with E-state index in [9.17, 15) is 0 Å². The summed E-state index contributed by atoms with van der Waals surface area (Å²) in [6, 6.07) is 9.74. The highest BCUT2D eigenvalue weighted by molar-refractivity contribution is 5.20. The summed E-state index contributed by atoms with van der Waals surface area (Å²) in [5.74, 6) is 0.867. The Hall–Kier alpha value is -1.02. The van der Waals surface area contributed by atoms with Gasteiger partial charge < -0.3 is 9.47 Å². The van der Waals surface area contributed by atoms with E-state index in [1.807, 2.05) is 30.3 Å². The lowest BCUT2D eigenvalue weighted by atomic mass is 10.2. The first kappa shape index (κ1) is 12.1. The standard InChI is InChI=1S/C13H20O2/c1-2-3-4-8-11-14-12-15-13-9-6-5-7-10-13/h5-7,9-10H,2-4,8,11-12H2,1H3. The van der Waals surface area contributed by atoms with Crippen molar-refractivity contribution in [2.75, 3.05) is 13.4 Å². The molecule has 0 saturated carbocycles. The van der Waals surface area contributed by atoms with Gasteiger partial charge in [0.25, 0.3) is 0 Å². The Morgan fingerprint density at radius 3 is 2.53 bits per heavy atom. The zero-order valence-electron chi connectivity index (χ0n) is 9.45. The van der Waals surface area contributed by atoms with Gasteiger partial charge in [0.1, 0.15) is 5.75 Å². The monoisotopic (exact) mass is 208 g/mol. The van der Waals surface area contributed by atoms with Crippen molar-refractivity contribution in [1.29, 1.82) is 0 Å². The molecule has 0 aliphatic rings. The second kappa shape index (κ2) is 8.30. The SMILES string of the molecule is CCCCCCOCOc1ccccc1. The number of hydrogen-bond donors (Lipinski definition) is 0. The maximum Gasteiger partial charge on any atom is 0.189 e. The molecule has 0 aliphatic carbocycles. The van der Waals surface area contributed by atoms with Crippen molar-refractivity contribution in [3.8, 4) is 5.75 Å². The lowest BCUT2D eigenvalue weighted by Crippen LogP contribution is -2.03. The Bertz CT molecular complexity index is 234. The Kier molecular flexibility index (Phi) is 6.67. The molecule has 0 heterocycles. The van der Waals surface area contributed by atoms with E-state index in [4.69, 9.17) is 9.47 Å². The summed E-state index contributed by atoms with van der Waals surface area (Å²) < 4.78 is 10.8. The molecule has 0 radical (unpaired) electrons. The zero-order valence-corrected chi connectivity index (χ0v) is 9.45. The molecule has 0 aliphatic heterocycles. The molecule has 2 heteroatoms.